The van der Waals surface area contributed by atoms with E-state index in [9.17, 15) is 9.59 Å². The van der Waals surface area contributed by atoms with Gasteiger partial charge in [0.1, 0.15) is 0 Å². The number of amides is 2. The Hall–Kier alpha value is -2.86. The van der Waals surface area contributed by atoms with E-state index in [1.54, 1.807) is 42.7 Å². The average Bonchev–Trinajstić information content (AvgIpc) is 3.01. The lowest BCUT2D eigenvalue weighted by Gasteiger charge is -2.05. The number of carbonyl (C=O) groups is 2. The van der Waals surface area contributed by atoms with Crippen LogP contribution in [0.4, 0.5) is 5.69 Å². The molecule has 0 saturated heterocycles. The minimum Gasteiger partial charge on any atom is -0.449 e. The van der Waals surface area contributed by atoms with E-state index in [0.717, 1.165) is 5.39 Å². The molecule has 0 aliphatic heterocycles. The number of pyridine rings is 1. The molecule has 0 atom stereocenters. The second-order valence-corrected chi connectivity index (χ2v) is 5.47. The number of nitrogens with zero attached hydrogens (tertiary/aromatic N) is 1. The van der Waals surface area contributed by atoms with Crippen molar-refractivity contribution in [3.8, 4) is 0 Å². The molecule has 7 heteroatoms. The summed E-state index contributed by atoms with van der Waals surface area (Å²) in [5, 5.41) is 6.56. The highest BCUT2D eigenvalue weighted by molar-refractivity contribution is 6.34. The van der Waals surface area contributed by atoms with Crippen LogP contribution < -0.4 is 10.6 Å². The summed E-state index contributed by atoms with van der Waals surface area (Å²) in [6.07, 6.45) is 3.32. The zero-order chi connectivity index (χ0) is 16.9. The molecule has 3 rings (SSSR count). The Labute approximate surface area is 142 Å². The maximum Gasteiger partial charge on any atom is 0.287 e. The molecule has 1 aromatic carbocycles. The lowest BCUT2D eigenvalue weighted by Crippen LogP contribution is -2.27. The SMILES string of the molecule is O=C(CCNC(=O)c1cc2cccc(Cl)c2o1)Nc1ccncc1. The van der Waals surface area contributed by atoms with E-state index in [1.165, 1.54) is 0 Å². The Morgan fingerprint density at radius 2 is 1.96 bits per heavy atom. The first-order valence-corrected chi connectivity index (χ1v) is 7.67. The van der Waals surface area contributed by atoms with Gasteiger partial charge in [-0.2, -0.15) is 0 Å². The van der Waals surface area contributed by atoms with Crippen LogP contribution in [0, 0.1) is 0 Å². The number of benzene rings is 1. The third kappa shape index (κ3) is 3.72. The molecule has 24 heavy (non-hydrogen) atoms. The van der Waals surface area contributed by atoms with Gasteiger partial charge >= 0.3 is 0 Å². The number of halogens is 1. The predicted octanol–water partition coefficient (Wildman–Crippen LogP) is 3.24. The molecule has 2 aromatic heterocycles. The fraction of sp³-hybridized carbons (Fsp3) is 0.118. The van der Waals surface area contributed by atoms with E-state index in [4.69, 9.17) is 16.0 Å². The highest BCUT2D eigenvalue weighted by atomic mass is 35.5. The number of carbonyl (C=O) groups excluding carboxylic acids is 2. The highest BCUT2D eigenvalue weighted by Crippen LogP contribution is 2.26. The van der Waals surface area contributed by atoms with Crippen molar-refractivity contribution < 1.29 is 14.0 Å². The molecule has 0 radical (unpaired) electrons. The van der Waals surface area contributed by atoms with Crippen LogP contribution in [0.1, 0.15) is 17.0 Å². The Morgan fingerprint density at radius 3 is 2.71 bits per heavy atom. The molecule has 122 valence electrons. The second-order valence-electron chi connectivity index (χ2n) is 5.06. The number of aromatic nitrogens is 1. The first kappa shape index (κ1) is 16.0. The number of hydrogen-bond acceptors (Lipinski definition) is 4. The summed E-state index contributed by atoms with van der Waals surface area (Å²) in [5.41, 5.74) is 1.13. The summed E-state index contributed by atoms with van der Waals surface area (Å²) in [4.78, 5) is 27.7. The Morgan fingerprint density at radius 1 is 1.17 bits per heavy atom. The number of fused-ring (bicyclic) bond motifs is 1. The Kier molecular flexibility index (Phi) is 4.77. The monoisotopic (exact) mass is 343 g/mol. The topological polar surface area (TPSA) is 84.2 Å². The van der Waals surface area contributed by atoms with Crippen molar-refractivity contribution in [2.75, 3.05) is 11.9 Å². The van der Waals surface area contributed by atoms with Gasteiger partial charge in [-0.1, -0.05) is 23.7 Å². The molecule has 2 amide bonds. The van der Waals surface area contributed by atoms with Crippen LogP contribution in [0.15, 0.2) is 53.2 Å². The van der Waals surface area contributed by atoms with E-state index >= 15 is 0 Å². The van der Waals surface area contributed by atoms with Crippen molar-refractivity contribution >= 4 is 40.1 Å². The summed E-state index contributed by atoms with van der Waals surface area (Å²) in [6.45, 7) is 0.195. The number of anilines is 1. The second kappa shape index (κ2) is 7.14. The zero-order valence-corrected chi connectivity index (χ0v) is 13.3. The van der Waals surface area contributed by atoms with Gasteiger partial charge in [0, 0.05) is 36.4 Å². The first-order chi connectivity index (χ1) is 11.6. The molecule has 0 fully saturated rings. The largest absolute Gasteiger partial charge is 0.449 e. The molecule has 0 unspecified atom stereocenters. The van der Waals surface area contributed by atoms with Crippen molar-refractivity contribution in [2.45, 2.75) is 6.42 Å². The van der Waals surface area contributed by atoms with Gasteiger partial charge in [0.05, 0.1) is 5.02 Å². The van der Waals surface area contributed by atoms with Crippen LogP contribution in [-0.2, 0) is 4.79 Å². The third-order valence-electron chi connectivity index (χ3n) is 3.32. The first-order valence-electron chi connectivity index (χ1n) is 7.29. The number of furan rings is 1. The molecule has 0 saturated carbocycles. The van der Waals surface area contributed by atoms with Crippen molar-refractivity contribution in [1.29, 1.82) is 0 Å². The van der Waals surface area contributed by atoms with Gasteiger partial charge in [-0.15, -0.1) is 0 Å². The van der Waals surface area contributed by atoms with Crippen LogP contribution >= 0.6 is 11.6 Å². The van der Waals surface area contributed by atoms with Crippen LogP contribution in [0.3, 0.4) is 0 Å². The molecule has 2 heterocycles. The third-order valence-corrected chi connectivity index (χ3v) is 3.62. The van der Waals surface area contributed by atoms with Crippen LogP contribution in [0.2, 0.25) is 5.02 Å². The van der Waals surface area contributed by atoms with E-state index in [-0.39, 0.29) is 30.5 Å². The zero-order valence-electron chi connectivity index (χ0n) is 12.6. The van der Waals surface area contributed by atoms with Gasteiger partial charge in [0.2, 0.25) is 5.91 Å². The molecule has 6 nitrogen and oxygen atoms in total. The van der Waals surface area contributed by atoms with Crippen LogP contribution in [0.5, 0.6) is 0 Å². The van der Waals surface area contributed by atoms with Gasteiger partial charge in [-0.05, 0) is 24.3 Å². The van der Waals surface area contributed by atoms with Crippen molar-refractivity contribution in [1.82, 2.24) is 10.3 Å². The molecular weight excluding hydrogens is 330 g/mol. The predicted molar refractivity (Wildman–Crippen MR) is 91.0 cm³/mol. The molecule has 2 N–H and O–H groups in total. The van der Waals surface area contributed by atoms with Crippen LogP contribution in [0.25, 0.3) is 11.0 Å². The van der Waals surface area contributed by atoms with Crippen molar-refractivity contribution in [3.63, 3.8) is 0 Å². The van der Waals surface area contributed by atoms with Crippen LogP contribution in [-0.4, -0.2) is 23.3 Å². The maximum atomic E-state index is 12.1. The quantitative estimate of drug-likeness (QED) is 0.744. The number of para-hydroxylation sites is 1. The van der Waals surface area contributed by atoms with E-state index in [0.29, 0.717) is 16.3 Å². The molecule has 0 aliphatic rings. The standard InChI is InChI=1S/C17H14ClN3O3/c18-13-3-1-2-11-10-14(24-16(11)13)17(23)20-9-6-15(22)21-12-4-7-19-8-5-12/h1-5,7-8,10H,6,9H2,(H,20,23)(H,19,21,22). The smallest absolute Gasteiger partial charge is 0.287 e. The molecule has 0 aliphatic carbocycles. The fourth-order valence-electron chi connectivity index (χ4n) is 2.17. The van der Waals surface area contributed by atoms with E-state index < -0.39 is 0 Å². The Bertz CT molecular complexity index is 877. The fourth-order valence-corrected chi connectivity index (χ4v) is 2.40. The van der Waals surface area contributed by atoms with Gasteiger partial charge in [0.15, 0.2) is 11.3 Å². The minimum atomic E-state index is -0.390. The van der Waals surface area contributed by atoms with E-state index in [1.807, 2.05) is 6.07 Å². The number of rotatable bonds is 5. The lowest BCUT2D eigenvalue weighted by molar-refractivity contribution is -0.116. The summed E-state index contributed by atoms with van der Waals surface area (Å²) in [5.74, 6) is -0.430. The molecule has 3 aromatic rings. The summed E-state index contributed by atoms with van der Waals surface area (Å²) in [7, 11) is 0. The van der Waals surface area contributed by atoms with Gasteiger partial charge < -0.3 is 15.1 Å². The lowest BCUT2D eigenvalue weighted by atomic mass is 10.2. The molecule has 0 spiro atoms. The highest BCUT2D eigenvalue weighted by Gasteiger charge is 2.14. The summed E-state index contributed by atoms with van der Waals surface area (Å²) >= 11 is 6.02. The molecular formula is C17H14ClN3O3. The summed E-state index contributed by atoms with van der Waals surface area (Å²) in [6, 6.07) is 10.3. The normalized spacial score (nSPS) is 10.5. The van der Waals surface area contributed by atoms with E-state index in [2.05, 4.69) is 15.6 Å². The van der Waals surface area contributed by atoms with Gasteiger partial charge in [0.25, 0.3) is 5.91 Å². The minimum absolute atomic E-state index is 0.148. The number of nitrogens with one attached hydrogen (secondary N) is 2. The van der Waals surface area contributed by atoms with Gasteiger partial charge in [-0.25, -0.2) is 0 Å². The van der Waals surface area contributed by atoms with Crippen molar-refractivity contribution in [3.05, 3.63) is 59.6 Å². The number of hydrogen-bond donors (Lipinski definition) is 2. The van der Waals surface area contributed by atoms with Crippen molar-refractivity contribution in [2.24, 2.45) is 0 Å². The molecule has 0 bridgehead atoms. The maximum absolute atomic E-state index is 12.1. The van der Waals surface area contributed by atoms with Gasteiger partial charge in [-0.3, -0.25) is 14.6 Å². The average molecular weight is 344 g/mol. The summed E-state index contributed by atoms with van der Waals surface area (Å²) < 4.78 is 5.46. The Balaban J connectivity index is 1.53.